The zero-order valence-corrected chi connectivity index (χ0v) is 9.75. The molecule has 0 amide bonds. The summed E-state index contributed by atoms with van der Waals surface area (Å²) in [6.07, 6.45) is 1.54. The molecule has 2 N–H and O–H groups in total. The van der Waals surface area contributed by atoms with E-state index in [-0.39, 0.29) is 5.41 Å². The highest BCUT2D eigenvalue weighted by molar-refractivity contribution is 4.78. The smallest absolute Gasteiger partial charge is 0.0700 e. The molecular formula is C11H24N2O. The Balaban J connectivity index is 2.37. The fraction of sp³-hybridized carbons (Fsp3) is 1.00. The van der Waals surface area contributed by atoms with E-state index in [2.05, 4.69) is 25.7 Å². The third-order valence-electron chi connectivity index (χ3n) is 2.88. The summed E-state index contributed by atoms with van der Waals surface area (Å²) in [6.45, 7) is 11.5. The van der Waals surface area contributed by atoms with Gasteiger partial charge in [0.1, 0.15) is 0 Å². The zero-order chi connectivity index (χ0) is 10.6. The van der Waals surface area contributed by atoms with E-state index in [1.807, 2.05) is 0 Å². The van der Waals surface area contributed by atoms with E-state index < -0.39 is 0 Å². The molecule has 0 radical (unpaired) electrons. The van der Waals surface area contributed by atoms with Crippen molar-refractivity contribution in [2.24, 2.45) is 11.1 Å². The first-order valence-corrected chi connectivity index (χ1v) is 5.61. The molecule has 0 bridgehead atoms. The third-order valence-corrected chi connectivity index (χ3v) is 2.88. The maximum Gasteiger partial charge on any atom is 0.0700 e. The second-order valence-electron chi connectivity index (χ2n) is 5.00. The van der Waals surface area contributed by atoms with Gasteiger partial charge < -0.3 is 10.5 Å². The summed E-state index contributed by atoms with van der Waals surface area (Å²) >= 11 is 0. The van der Waals surface area contributed by atoms with Crippen molar-refractivity contribution in [3.8, 4) is 0 Å². The minimum atomic E-state index is 0.232. The van der Waals surface area contributed by atoms with Gasteiger partial charge >= 0.3 is 0 Å². The fourth-order valence-corrected chi connectivity index (χ4v) is 1.84. The lowest BCUT2D eigenvalue weighted by Gasteiger charge is -2.37. The number of nitrogens with two attached hydrogens (primary N) is 1. The van der Waals surface area contributed by atoms with Crippen LogP contribution in [0.2, 0.25) is 0 Å². The molecule has 1 atom stereocenters. The van der Waals surface area contributed by atoms with E-state index in [0.717, 1.165) is 39.2 Å². The van der Waals surface area contributed by atoms with Gasteiger partial charge in [-0.25, -0.2) is 0 Å². The molecule has 0 aromatic carbocycles. The molecule has 1 heterocycles. The van der Waals surface area contributed by atoms with Gasteiger partial charge in [0.25, 0.3) is 0 Å². The Morgan fingerprint density at radius 1 is 1.50 bits per heavy atom. The number of hydrogen-bond donors (Lipinski definition) is 1. The van der Waals surface area contributed by atoms with E-state index in [9.17, 15) is 0 Å². The van der Waals surface area contributed by atoms with Crippen molar-refractivity contribution in [2.75, 3.05) is 32.8 Å². The van der Waals surface area contributed by atoms with Crippen molar-refractivity contribution in [3.05, 3.63) is 0 Å². The highest BCUT2D eigenvalue weighted by Crippen LogP contribution is 2.17. The van der Waals surface area contributed by atoms with Crippen LogP contribution in [0.4, 0.5) is 0 Å². The predicted molar refractivity (Wildman–Crippen MR) is 59.3 cm³/mol. The summed E-state index contributed by atoms with van der Waals surface area (Å²) in [5.74, 6) is 0. The highest BCUT2D eigenvalue weighted by Gasteiger charge is 2.24. The summed E-state index contributed by atoms with van der Waals surface area (Å²) in [6, 6.07) is 0. The first kappa shape index (κ1) is 12.0. The molecule has 1 unspecified atom stereocenters. The van der Waals surface area contributed by atoms with Crippen molar-refractivity contribution in [1.29, 1.82) is 0 Å². The molecule has 3 nitrogen and oxygen atoms in total. The molecule has 1 aliphatic heterocycles. The van der Waals surface area contributed by atoms with Crippen LogP contribution in [0.5, 0.6) is 0 Å². The molecule has 0 aromatic heterocycles. The van der Waals surface area contributed by atoms with Gasteiger partial charge in [0.15, 0.2) is 0 Å². The molecular weight excluding hydrogens is 176 g/mol. The van der Waals surface area contributed by atoms with Crippen LogP contribution in [0.15, 0.2) is 0 Å². The van der Waals surface area contributed by atoms with Gasteiger partial charge in [0.05, 0.1) is 12.7 Å². The van der Waals surface area contributed by atoms with Crippen LogP contribution in [-0.2, 0) is 4.74 Å². The Bertz CT molecular complexity index is 171. The van der Waals surface area contributed by atoms with Crippen LogP contribution in [0.1, 0.15) is 27.2 Å². The molecule has 1 fully saturated rings. The summed E-state index contributed by atoms with van der Waals surface area (Å²) in [5.41, 5.74) is 5.96. The largest absolute Gasteiger partial charge is 0.376 e. The van der Waals surface area contributed by atoms with Crippen molar-refractivity contribution >= 4 is 0 Å². The lowest BCUT2D eigenvalue weighted by atomic mass is 9.93. The number of hydrogen-bond acceptors (Lipinski definition) is 3. The van der Waals surface area contributed by atoms with Crippen LogP contribution >= 0.6 is 0 Å². The molecule has 3 heteroatoms. The monoisotopic (exact) mass is 200 g/mol. The molecule has 0 saturated carbocycles. The molecule has 14 heavy (non-hydrogen) atoms. The Morgan fingerprint density at radius 2 is 2.21 bits per heavy atom. The third kappa shape index (κ3) is 3.56. The standard InChI is InChI=1S/C11H24N2O/c1-4-10-7-13(5-6-14-10)9-11(2,3)8-12/h10H,4-9,12H2,1-3H3. The first-order chi connectivity index (χ1) is 6.57. The van der Waals surface area contributed by atoms with Crippen LogP contribution in [0.25, 0.3) is 0 Å². The molecule has 0 aromatic rings. The van der Waals surface area contributed by atoms with Gasteiger partial charge in [-0.2, -0.15) is 0 Å². The van der Waals surface area contributed by atoms with E-state index in [0.29, 0.717) is 6.10 Å². The van der Waals surface area contributed by atoms with Gasteiger partial charge in [-0.3, -0.25) is 4.90 Å². The number of ether oxygens (including phenoxy) is 1. The van der Waals surface area contributed by atoms with Gasteiger partial charge in [-0.05, 0) is 18.4 Å². The molecule has 1 aliphatic rings. The van der Waals surface area contributed by atoms with Crippen LogP contribution in [-0.4, -0.2) is 43.8 Å². The maximum absolute atomic E-state index is 5.73. The van der Waals surface area contributed by atoms with Crippen LogP contribution in [0, 0.1) is 5.41 Å². The number of nitrogens with zero attached hydrogens (tertiary/aromatic N) is 1. The number of morpholine rings is 1. The van der Waals surface area contributed by atoms with Gasteiger partial charge in [0.2, 0.25) is 0 Å². The maximum atomic E-state index is 5.73. The van der Waals surface area contributed by atoms with E-state index in [4.69, 9.17) is 10.5 Å². The fourth-order valence-electron chi connectivity index (χ4n) is 1.84. The topological polar surface area (TPSA) is 38.5 Å². The second kappa shape index (κ2) is 5.10. The number of rotatable bonds is 4. The van der Waals surface area contributed by atoms with E-state index in [1.165, 1.54) is 0 Å². The highest BCUT2D eigenvalue weighted by atomic mass is 16.5. The lowest BCUT2D eigenvalue weighted by Crippen LogP contribution is -2.47. The van der Waals surface area contributed by atoms with Crippen molar-refractivity contribution < 1.29 is 4.74 Å². The summed E-state index contributed by atoms with van der Waals surface area (Å²) < 4.78 is 5.63. The first-order valence-electron chi connectivity index (χ1n) is 5.61. The minimum Gasteiger partial charge on any atom is -0.376 e. The normalized spacial score (nSPS) is 25.3. The van der Waals surface area contributed by atoms with Crippen LogP contribution < -0.4 is 5.73 Å². The van der Waals surface area contributed by atoms with Gasteiger partial charge in [0, 0.05) is 19.6 Å². The van der Waals surface area contributed by atoms with E-state index in [1.54, 1.807) is 0 Å². The molecule has 1 rings (SSSR count). The minimum absolute atomic E-state index is 0.232. The van der Waals surface area contributed by atoms with Crippen molar-refractivity contribution in [3.63, 3.8) is 0 Å². The summed E-state index contributed by atoms with van der Waals surface area (Å²) in [4.78, 5) is 2.48. The molecule has 0 aliphatic carbocycles. The quantitative estimate of drug-likeness (QED) is 0.738. The molecule has 84 valence electrons. The Labute approximate surface area is 87.6 Å². The zero-order valence-electron chi connectivity index (χ0n) is 9.75. The van der Waals surface area contributed by atoms with Crippen LogP contribution in [0.3, 0.4) is 0 Å². The Kier molecular flexibility index (Phi) is 4.35. The van der Waals surface area contributed by atoms with Crippen molar-refractivity contribution in [1.82, 2.24) is 4.90 Å². The second-order valence-corrected chi connectivity index (χ2v) is 5.00. The lowest BCUT2D eigenvalue weighted by molar-refractivity contribution is -0.0389. The SMILES string of the molecule is CCC1CN(CC(C)(C)CN)CCO1. The predicted octanol–water partition coefficient (Wildman–Crippen LogP) is 1.08. The summed E-state index contributed by atoms with van der Waals surface area (Å²) in [5, 5.41) is 0. The van der Waals surface area contributed by atoms with Gasteiger partial charge in [-0.1, -0.05) is 20.8 Å². The van der Waals surface area contributed by atoms with Gasteiger partial charge in [-0.15, -0.1) is 0 Å². The average Bonchev–Trinajstić information content (AvgIpc) is 2.17. The van der Waals surface area contributed by atoms with E-state index >= 15 is 0 Å². The molecule has 0 spiro atoms. The van der Waals surface area contributed by atoms with Crippen molar-refractivity contribution in [2.45, 2.75) is 33.3 Å². The Morgan fingerprint density at radius 3 is 2.79 bits per heavy atom. The molecule has 1 saturated heterocycles. The summed E-state index contributed by atoms with van der Waals surface area (Å²) in [7, 11) is 0. The average molecular weight is 200 g/mol. The Hall–Kier alpha value is -0.120.